The van der Waals surface area contributed by atoms with E-state index >= 15 is 0 Å². The topological polar surface area (TPSA) is 54.0 Å². The maximum atomic E-state index is 10.2. The van der Waals surface area contributed by atoms with E-state index in [4.69, 9.17) is 18.9 Å². The summed E-state index contributed by atoms with van der Waals surface area (Å²) in [6.45, 7) is 0.322. The molecule has 0 atom stereocenters. The molecular weight excluding hydrogens is 224 g/mol. The molecule has 0 bridgehead atoms. The minimum atomic E-state index is 0.322. The fraction of sp³-hybridized carbons (Fsp3) is 0.417. The van der Waals surface area contributed by atoms with Crippen molar-refractivity contribution >= 4 is 6.29 Å². The van der Waals surface area contributed by atoms with Crippen LogP contribution in [0.1, 0.15) is 6.42 Å². The lowest BCUT2D eigenvalue weighted by Gasteiger charge is -2.14. The van der Waals surface area contributed by atoms with E-state index in [-0.39, 0.29) is 0 Å². The molecule has 1 rings (SSSR count). The largest absolute Gasteiger partial charge is 0.493 e. The molecule has 0 heterocycles. The van der Waals surface area contributed by atoms with E-state index in [0.29, 0.717) is 36.0 Å². The molecule has 0 aliphatic rings. The van der Waals surface area contributed by atoms with Crippen LogP contribution in [0.15, 0.2) is 12.1 Å². The van der Waals surface area contributed by atoms with E-state index < -0.39 is 0 Å². The van der Waals surface area contributed by atoms with Crippen LogP contribution in [-0.2, 0) is 4.79 Å². The van der Waals surface area contributed by atoms with E-state index in [0.717, 1.165) is 6.29 Å². The van der Waals surface area contributed by atoms with Crippen LogP contribution in [-0.4, -0.2) is 34.2 Å². The van der Waals surface area contributed by atoms with Gasteiger partial charge >= 0.3 is 0 Å². The number of methoxy groups -OCH3 is 3. The SMILES string of the molecule is COc1cc(OCCC=O)cc(OC)c1OC. The molecule has 0 saturated carbocycles. The molecule has 0 aliphatic heterocycles. The second kappa shape index (κ2) is 6.62. The van der Waals surface area contributed by atoms with Crippen LogP contribution in [0.25, 0.3) is 0 Å². The molecule has 0 spiro atoms. The van der Waals surface area contributed by atoms with Gasteiger partial charge in [-0.2, -0.15) is 0 Å². The van der Waals surface area contributed by atoms with Gasteiger partial charge in [0.25, 0.3) is 0 Å². The Morgan fingerprint density at radius 2 is 1.65 bits per heavy atom. The third-order valence-electron chi connectivity index (χ3n) is 2.14. The molecule has 17 heavy (non-hydrogen) atoms. The number of carbonyl (C=O) groups excluding carboxylic acids is 1. The molecule has 0 aromatic heterocycles. The molecule has 1 aromatic carbocycles. The summed E-state index contributed by atoms with van der Waals surface area (Å²) in [6, 6.07) is 3.37. The van der Waals surface area contributed by atoms with Gasteiger partial charge in [-0.05, 0) is 0 Å². The number of hydrogen-bond donors (Lipinski definition) is 0. The molecule has 94 valence electrons. The van der Waals surface area contributed by atoms with Crippen molar-refractivity contribution in [3.63, 3.8) is 0 Å². The Balaban J connectivity index is 2.96. The Bertz CT molecular complexity index is 350. The molecule has 5 nitrogen and oxygen atoms in total. The number of benzene rings is 1. The summed E-state index contributed by atoms with van der Waals surface area (Å²) in [4.78, 5) is 10.2. The van der Waals surface area contributed by atoms with Crippen LogP contribution in [0.2, 0.25) is 0 Å². The fourth-order valence-electron chi connectivity index (χ4n) is 1.37. The predicted molar refractivity (Wildman–Crippen MR) is 62.3 cm³/mol. The van der Waals surface area contributed by atoms with Gasteiger partial charge in [-0.25, -0.2) is 0 Å². The molecule has 0 fully saturated rings. The van der Waals surface area contributed by atoms with Crippen molar-refractivity contribution < 1.29 is 23.7 Å². The van der Waals surface area contributed by atoms with Crippen molar-refractivity contribution in [3.05, 3.63) is 12.1 Å². The average molecular weight is 240 g/mol. The molecule has 0 aliphatic carbocycles. The monoisotopic (exact) mass is 240 g/mol. The lowest BCUT2D eigenvalue weighted by molar-refractivity contribution is -0.108. The number of ether oxygens (including phenoxy) is 4. The number of carbonyl (C=O) groups is 1. The van der Waals surface area contributed by atoms with E-state index in [1.807, 2.05) is 0 Å². The van der Waals surface area contributed by atoms with Gasteiger partial charge in [-0.15, -0.1) is 0 Å². The van der Waals surface area contributed by atoms with Gasteiger partial charge in [0, 0.05) is 18.6 Å². The minimum Gasteiger partial charge on any atom is -0.493 e. The van der Waals surface area contributed by atoms with Crippen molar-refractivity contribution in [2.24, 2.45) is 0 Å². The number of rotatable bonds is 7. The first-order valence-corrected chi connectivity index (χ1v) is 5.13. The van der Waals surface area contributed by atoms with Gasteiger partial charge in [0.15, 0.2) is 11.5 Å². The Hall–Kier alpha value is -1.91. The van der Waals surface area contributed by atoms with Crippen LogP contribution in [0.3, 0.4) is 0 Å². The lowest BCUT2D eigenvalue weighted by Crippen LogP contribution is -2.00. The molecule has 0 unspecified atom stereocenters. The zero-order valence-corrected chi connectivity index (χ0v) is 10.2. The predicted octanol–water partition coefficient (Wildman–Crippen LogP) is 1.68. The van der Waals surface area contributed by atoms with Crippen LogP contribution in [0.4, 0.5) is 0 Å². The van der Waals surface area contributed by atoms with Crippen LogP contribution in [0, 0.1) is 0 Å². The normalized spacial score (nSPS) is 9.59. The minimum absolute atomic E-state index is 0.322. The summed E-state index contributed by atoms with van der Waals surface area (Å²) in [5.74, 6) is 2.12. The molecule has 0 saturated heterocycles. The quantitative estimate of drug-likeness (QED) is 0.536. The standard InChI is InChI=1S/C12H16O5/c1-14-10-7-9(17-6-4-5-13)8-11(15-2)12(10)16-3/h5,7-8H,4,6H2,1-3H3. The second-order valence-corrected chi connectivity index (χ2v) is 3.16. The van der Waals surface area contributed by atoms with Gasteiger partial charge < -0.3 is 23.7 Å². The van der Waals surface area contributed by atoms with Gasteiger partial charge in [0.05, 0.1) is 27.9 Å². The summed E-state index contributed by atoms with van der Waals surface area (Å²) in [5, 5.41) is 0. The lowest BCUT2D eigenvalue weighted by atomic mass is 10.2. The first kappa shape index (κ1) is 13.2. The van der Waals surface area contributed by atoms with Crippen molar-refractivity contribution in [3.8, 4) is 23.0 Å². The summed E-state index contributed by atoms with van der Waals surface area (Å²) >= 11 is 0. The van der Waals surface area contributed by atoms with Crippen LogP contribution >= 0.6 is 0 Å². The zero-order chi connectivity index (χ0) is 12.7. The highest BCUT2D eigenvalue weighted by Gasteiger charge is 2.13. The van der Waals surface area contributed by atoms with E-state index in [2.05, 4.69) is 0 Å². The summed E-state index contributed by atoms with van der Waals surface area (Å²) in [5.41, 5.74) is 0. The van der Waals surface area contributed by atoms with Crippen LogP contribution in [0.5, 0.6) is 23.0 Å². The summed E-state index contributed by atoms with van der Waals surface area (Å²) < 4.78 is 20.9. The Kier molecular flexibility index (Phi) is 5.13. The van der Waals surface area contributed by atoms with Gasteiger partial charge in [-0.1, -0.05) is 0 Å². The second-order valence-electron chi connectivity index (χ2n) is 3.16. The third kappa shape index (κ3) is 3.27. The van der Waals surface area contributed by atoms with Gasteiger partial charge in [-0.3, -0.25) is 0 Å². The zero-order valence-electron chi connectivity index (χ0n) is 10.2. The molecule has 0 radical (unpaired) electrons. The first-order valence-electron chi connectivity index (χ1n) is 5.13. The highest BCUT2D eigenvalue weighted by Crippen LogP contribution is 2.40. The molecule has 5 heteroatoms. The third-order valence-corrected chi connectivity index (χ3v) is 2.14. The van der Waals surface area contributed by atoms with E-state index in [9.17, 15) is 4.79 Å². The highest BCUT2D eigenvalue weighted by atomic mass is 16.5. The average Bonchev–Trinajstić information content (AvgIpc) is 2.37. The van der Waals surface area contributed by atoms with Gasteiger partial charge in [0.1, 0.15) is 12.0 Å². The summed E-state index contributed by atoms with van der Waals surface area (Å²) in [6.07, 6.45) is 1.15. The van der Waals surface area contributed by atoms with Crippen molar-refractivity contribution in [2.75, 3.05) is 27.9 Å². The Labute approximate surface area is 100 Å². The molecule has 0 N–H and O–H groups in total. The number of aldehydes is 1. The van der Waals surface area contributed by atoms with Crippen LogP contribution < -0.4 is 18.9 Å². The number of hydrogen-bond acceptors (Lipinski definition) is 5. The maximum absolute atomic E-state index is 10.2. The van der Waals surface area contributed by atoms with E-state index in [1.165, 1.54) is 21.3 Å². The maximum Gasteiger partial charge on any atom is 0.203 e. The first-order chi connectivity index (χ1) is 8.26. The fourth-order valence-corrected chi connectivity index (χ4v) is 1.37. The molecular formula is C12H16O5. The Morgan fingerprint density at radius 1 is 1.06 bits per heavy atom. The van der Waals surface area contributed by atoms with Crippen molar-refractivity contribution in [1.82, 2.24) is 0 Å². The Morgan fingerprint density at radius 3 is 2.06 bits per heavy atom. The smallest absolute Gasteiger partial charge is 0.203 e. The van der Waals surface area contributed by atoms with Crippen molar-refractivity contribution in [2.45, 2.75) is 6.42 Å². The van der Waals surface area contributed by atoms with Crippen molar-refractivity contribution in [1.29, 1.82) is 0 Å². The summed E-state index contributed by atoms with van der Waals surface area (Å²) in [7, 11) is 4.60. The molecule has 1 aromatic rings. The molecule has 0 amide bonds. The highest BCUT2D eigenvalue weighted by molar-refractivity contribution is 5.56. The van der Waals surface area contributed by atoms with E-state index in [1.54, 1.807) is 12.1 Å². The van der Waals surface area contributed by atoms with Gasteiger partial charge in [0.2, 0.25) is 5.75 Å².